The van der Waals surface area contributed by atoms with Crippen LogP contribution in [0.3, 0.4) is 0 Å². The maximum Gasteiger partial charge on any atom is 0.259 e. The van der Waals surface area contributed by atoms with E-state index in [-0.39, 0.29) is 23.6 Å². The number of carbonyl (C=O) groups is 1. The highest BCUT2D eigenvalue weighted by Crippen LogP contribution is 2.30. The van der Waals surface area contributed by atoms with Crippen LogP contribution in [0.5, 0.6) is 0 Å². The molecule has 2 aliphatic heterocycles. The van der Waals surface area contributed by atoms with Gasteiger partial charge in [-0.1, -0.05) is 0 Å². The Labute approximate surface area is 214 Å². The van der Waals surface area contributed by atoms with E-state index in [9.17, 15) is 9.59 Å². The molecule has 0 saturated carbocycles. The van der Waals surface area contributed by atoms with Gasteiger partial charge in [0.2, 0.25) is 0 Å². The number of rotatable bonds is 4. The van der Waals surface area contributed by atoms with E-state index in [0.29, 0.717) is 37.3 Å². The van der Waals surface area contributed by atoms with Gasteiger partial charge in [-0.25, -0.2) is 0 Å². The van der Waals surface area contributed by atoms with Gasteiger partial charge in [0.15, 0.2) is 0 Å². The van der Waals surface area contributed by atoms with Crippen molar-refractivity contribution in [2.75, 3.05) is 32.8 Å². The van der Waals surface area contributed by atoms with Crippen LogP contribution in [-0.4, -0.2) is 79.1 Å². The molecule has 10 nitrogen and oxygen atoms in total. The monoisotopic (exact) mass is 503 g/mol. The number of amides is 1. The van der Waals surface area contributed by atoms with Crippen LogP contribution in [0, 0.1) is 6.92 Å². The van der Waals surface area contributed by atoms with Crippen molar-refractivity contribution in [3.63, 3.8) is 0 Å². The highest BCUT2D eigenvalue weighted by molar-refractivity contribution is 6.07. The molecule has 0 bridgehead atoms. The largest absolute Gasteiger partial charge is 0.381 e. The molecule has 2 fully saturated rings. The lowest BCUT2D eigenvalue weighted by molar-refractivity contribution is 0.0491. The first-order valence-electron chi connectivity index (χ1n) is 13.0. The highest BCUT2D eigenvalue weighted by atomic mass is 16.5. The quantitative estimate of drug-likeness (QED) is 0.460. The summed E-state index contributed by atoms with van der Waals surface area (Å²) in [5.74, 6) is 0.0280. The van der Waals surface area contributed by atoms with Crippen LogP contribution in [0.1, 0.15) is 47.4 Å². The summed E-state index contributed by atoms with van der Waals surface area (Å²) in [4.78, 5) is 34.0. The van der Waals surface area contributed by atoms with Gasteiger partial charge in [-0.2, -0.15) is 10.2 Å². The second-order valence-corrected chi connectivity index (χ2v) is 10.4. The lowest BCUT2D eigenvalue weighted by atomic mass is 10.0. The van der Waals surface area contributed by atoms with Crippen LogP contribution in [0.15, 0.2) is 35.4 Å². The highest BCUT2D eigenvalue weighted by Gasteiger charge is 2.29. The Morgan fingerprint density at radius 3 is 2.73 bits per heavy atom. The fraction of sp³-hybridized carbons (Fsp3) is 0.481. The van der Waals surface area contributed by atoms with Crippen molar-refractivity contribution >= 4 is 27.7 Å². The summed E-state index contributed by atoms with van der Waals surface area (Å²) in [5, 5.41) is 10.5. The average molecular weight is 504 g/mol. The molecular formula is C27H33N7O3. The second-order valence-electron chi connectivity index (χ2n) is 10.4. The molecule has 1 aromatic carbocycles. The van der Waals surface area contributed by atoms with E-state index in [1.807, 2.05) is 52.6 Å². The van der Waals surface area contributed by atoms with Gasteiger partial charge in [0.1, 0.15) is 0 Å². The molecule has 2 saturated heterocycles. The first-order chi connectivity index (χ1) is 17.9. The van der Waals surface area contributed by atoms with Crippen molar-refractivity contribution in [1.82, 2.24) is 34.3 Å². The first kappa shape index (κ1) is 23.9. The molecular weight excluding hydrogens is 470 g/mol. The molecule has 194 valence electrons. The minimum Gasteiger partial charge on any atom is -0.381 e. The number of nitrogens with zero attached hydrogens (tertiary/aromatic N) is 6. The molecule has 0 aliphatic carbocycles. The Morgan fingerprint density at radius 2 is 2.00 bits per heavy atom. The number of ether oxygens (including phenoxy) is 1. The van der Waals surface area contributed by atoms with Crippen LogP contribution < -0.4 is 5.56 Å². The molecule has 0 radical (unpaired) electrons. The van der Waals surface area contributed by atoms with Crippen molar-refractivity contribution < 1.29 is 9.53 Å². The van der Waals surface area contributed by atoms with Gasteiger partial charge in [0.25, 0.3) is 11.5 Å². The minimum absolute atomic E-state index is 0.0280. The molecule has 10 heteroatoms. The SMILES string of the molecule is Cc1cc2[nH]c(=O)c3cnn(C4CCOCC4)c3c2cc1C(=O)N1CCN(Cc2ccn(C)n2)[C@@H](C)C1. The van der Waals surface area contributed by atoms with E-state index in [4.69, 9.17) is 4.74 Å². The van der Waals surface area contributed by atoms with Gasteiger partial charge in [-0.3, -0.25) is 23.9 Å². The van der Waals surface area contributed by atoms with Crippen LogP contribution in [0.25, 0.3) is 21.8 Å². The number of hydrogen-bond donors (Lipinski definition) is 1. The molecule has 3 aromatic heterocycles. The molecule has 2 aliphatic rings. The zero-order chi connectivity index (χ0) is 25.7. The summed E-state index contributed by atoms with van der Waals surface area (Å²) in [6.45, 7) is 8.35. The fourth-order valence-corrected chi connectivity index (χ4v) is 5.77. The third-order valence-corrected chi connectivity index (χ3v) is 7.86. The van der Waals surface area contributed by atoms with E-state index in [0.717, 1.165) is 53.6 Å². The minimum atomic E-state index is -0.155. The van der Waals surface area contributed by atoms with Crippen LogP contribution >= 0.6 is 0 Å². The summed E-state index contributed by atoms with van der Waals surface area (Å²) in [6, 6.07) is 6.31. The van der Waals surface area contributed by atoms with E-state index in [1.165, 1.54) is 0 Å². The number of hydrogen-bond acceptors (Lipinski definition) is 6. The maximum atomic E-state index is 13.8. The number of carbonyl (C=O) groups excluding carboxylic acids is 1. The van der Waals surface area contributed by atoms with Gasteiger partial charge >= 0.3 is 0 Å². The lowest BCUT2D eigenvalue weighted by Gasteiger charge is -2.39. The Balaban J connectivity index is 1.32. The smallest absolute Gasteiger partial charge is 0.259 e. The predicted octanol–water partition coefficient (Wildman–Crippen LogP) is 2.62. The van der Waals surface area contributed by atoms with Crippen molar-refractivity contribution in [3.05, 3.63) is 57.8 Å². The fourth-order valence-electron chi connectivity index (χ4n) is 5.77. The zero-order valence-corrected chi connectivity index (χ0v) is 21.6. The van der Waals surface area contributed by atoms with E-state index in [2.05, 4.69) is 27.0 Å². The van der Waals surface area contributed by atoms with Gasteiger partial charge in [0, 0.05) is 69.6 Å². The normalized spacial score (nSPS) is 19.8. The van der Waals surface area contributed by atoms with Gasteiger partial charge in [-0.05, 0) is 50.5 Å². The second kappa shape index (κ2) is 9.42. The number of piperazine rings is 1. The summed E-state index contributed by atoms with van der Waals surface area (Å²) in [6.07, 6.45) is 5.31. The number of benzene rings is 1. The molecule has 5 heterocycles. The summed E-state index contributed by atoms with van der Waals surface area (Å²) in [5.41, 5.74) is 3.94. The lowest BCUT2D eigenvalue weighted by Crippen LogP contribution is -2.53. The maximum absolute atomic E-state index is 13.8. The van der Waals surface area contributed by atoms with E-state index >= 15 is 0 Å². The van der Waals surface area contributed by atoms with Crippen LogP contribution in [0.4, 0.5) is 0 Å². The van der Waals surface area contributed by atoms with Crippen LogP contribution in [-0.2, 0) is 18.3 Å². The number of aromatic amines is 1. The number of nitrogens with one attached hydrogen (secondary N) is 1. The standard InChI is InChI=1S/C27H33N7O3/c1-17-12-24-22(25-23(26(35)29-24)14-28-34(25)20-5-10-37-11-6-20)13-21(17)27(36)33-9-8-32(18(2)15-33)16-19-4-7-31(3)30-19/h4,7,12-14,18,20H,5-6,8-11,15-16H2,1-3H3,(H,29,35)/t18-/m0/s1. The van der Waals surface area contributed by atoms with Gasteiger partial charge in [-0.15, -0.1) is 0 Å². The van der Waals surface area contributed by atoms with Crippen molar-refractivity contribution in [2.45, 2.75) is 45.3 Å². The Kier molecular flexibility index (Phi) is 6.08. The van der Waals surface area contributed by atoms with Crippen LogP contribution in [0.2, 0.25) is 0 Å². The molecule has 1 amide bonds. The molecule has 4 aromatic rings. The number of fused-ring (bicyclic) bond motifs is 3. The van der Waals surface area contributed by atoms with E-state index < -0.39 is 0 Å². The average Bonchev–Trinajstić information content (AvgIpc) is 3.52. The summed E-state index contributed by atoms with van der Waals surface area (Å²) >= 11 is 0. The molecule has 0 unspecified atom stereocenters. The van der Waals surface area contributed by atoms with Gasteiger partial charge < -0.3 is 14.6 Å². The summed E-state index contributed by atoms with van der Waals surface area (Å²) < 4.78 is 9.33. The van der Waals surface area contributed by atoms with Crippen molar-refractivity contribution in [2.24, 2.45) is 7.05 Å². The molecule has 0 spiro atoms. The Bertz CT molecular complexity index is 1530. The van der Waals surface area contributed by atoms with E-state index in [1.54, 1.807) is 6.20 Å². The third-order valence-electron chi connectivity index (χ3n) is 7.86. The first-order valence-corrected chi connectivity index (χ1v) is 13.0. The number of aromatic nitrogens is 5. The number of aryl methyl sites for hydroxylation is 2. The topological polar surface area (TPSA) is 101 Å². The van der Waals surface area contributed by atoms with Gasteiger partial charge in [0.05, 0.1) is 34.4 Å². The van der Waals surface area contributed by atoms with Crippen molar-refractivity contribution in [3.8, 4) is 0 Å². The zero-order valence-electron chi connectivity index (χ0n) is 21.6. The number of pyridine rings is 1. The predicted molar refractivity (Wildman–Crippen MR) is 141 cm³/mol. The Hall–Kier alpha value is -3.50. The Morgan fingerprint density at radius 1 is 1.19 bits per heavy atom. The molecule has 1 atom stereocenters. The molecule has 6 rings (SSSR count). The summed E-state index contributed by atoms with van der Waals surface area (Å²) in [7, 11) is 1.93. The molecule has 1 N–H and O–H groups in total. The van der Waals surface area contributed by atoms with Crippen molar-refractivity contribution in [1.29, 1.82) is 0 Å². The third kappa shape index (κ3) is 4.34. The number of H-pyrrole nitrogens is 1. The molecule has 37 heavy (non-hydrogen) atoms.